The molecule has 20 heavy (non-hydrogen) atoms. The fourth-order valence-electron chi connectivity index (χ4n) is 2.42. The standard InChI is InChI=1S/C15H23N3O2/c1-12-11-13(3-7-17-12)15(19)18-8-4-14(5-9-18)20-10-2-6-16/h3,7,11,14H,2,4-6,8-10,16H2,1H3. The van der Waals surface area contributed by atoms with Crippen LogP contribution in [0.15, 0.2) is 18.3 Å². The Hall–Kier alpha value is -1.46. The van der Waals surface area contributed by atoms with E-state index in [2.05, 4.69) is 4.98 Å². The third-order valence-corrected chi connectivity index (χ3v) is 3.57. The second-order valence-corrected chi connectivity index (χ2v) is 5.19. The number of aryl methyl sites for hydroxylation is 1. The molecule has 0 aliphatic carbocycles. The molecule has 0 aromatic carbocycles. The van der Waals surface area contributed by atoms with E-state index >= 15 is 0 Å². The van der Waals surface area contributed by atoms with Gasteiger partial charge in [-0.25, -0.2) is 0 Å². The van der Waals surface area contributed by atoms with Crippen molar-refractivity contribution in [1.29, 1.82) is 0 Å². The molecular formula is C15H23N3O2. The Kier molecular flexibility index (Phi) is 5.49. The first-order chi connectivity index (χ1) is 9.70. The zero-order valence-electron chi connectivity index (χ0n) is 12.0. The number of hydrogen-bond donors (Lipinski definition) is 1. The molecule has 0 atom stereocenters. The third-order valence-electron chi connectivity index (χ3n) is 3.57. The van der Waals surface area contributed by atoms with Crippen LogP contribution in [0.3, 0.4) is 0 Å². The van der Waals surface area contributed by atoms with Crippen LogP contribution in [0.25, 0.3) is 0 Å². The number of carbonyl (C=O) groups excluding carboxylic acids is 1. The van der Waals surface area contributed by atoms with Crippen LogP contribution in [-0.4, -0.2) is 48.1 Å². The van der Waals surface area contributed by atoms with Crippen molar-refractivity contribution in [3.05, 3.63) is 29.6 Å². The molecule has 1 aromatic heterocycles. The molecule has 5 heteroatoms. The molecule has 0 radical (unpaired) electrons. The first kappa shape index (κ1) is 14.9. The normalized spacial score (nSPS) is 16.4. The first-order valence-electron chi connectivity index (χ1n) is 7.24. The second-order valence-electron chi connectivity index (χ2n) is 5.19. The Morgan fingerprint density at radius 1 is 1.50 bits per heavy atom. The Balaban J connectivity index is 1.83. The summed E-state index contributed by atoms with van der Waals surface area (Å²) in [6.07, 6.45) is 4.66. The number of aromatic nitrogens is 1. The van der Waals surface area contributed by atoms with Crippen LogP contribution in [0.1, 0.15) is 35.3 Å². The lowest BCUT2D eigenvalue weighted by atomic mass is 10.1. The molecule has 1 aliphatic heterocycles. The van der Waals surface area contributed by atoms with Gasteiger partial charge in [0.25, 0.3) is 5.91 Å². The minimum absolute atomic E-state index is 0.0934. The largest absolute Gasteiger partial charge is 0.378 e. The molecule has 0 bridgehead atoms. The summed E-state index contributed by atoms with van der Waals surface area (Å²) in [6, 6.07) is 3.62. The monoisotopic (exact) mass is 277 g/mol. The highest BCUT2D eigenvalue weighted by molar-refractivity contribution is 5.94. The summed E-state index contributed by atoms with van der Waals surface area (Å²) in [5.74, 6) is 0.0934. The van der Waals surface area contributed by atoms with Gasteiger partial charge in [0.2, 0.25) is 0 Å². The van der Waals surface area contributed by atoms with Gasteiger partial charge in [-0.15, -0.1) is 0 Å². The number of hydrogen-bond acceptors (Lipinski definition) is 4. The third kappa shape index (κ3) is 4.02. The molecule has 1 fully saturated rings. The predicted octanol–water partition coefficient (Wildman–Crippen LogP) is 1.36. The van der Waals surface area contributed by atoms with Gasteiger partial charge in [-0.2, -0.15) is 0 Å². The zero-order valence-corrected chi connectivity index (χ0v) is 12.0. The van der Waals surface area contributed by atoms with Crippen molar-refractivity contribution in [1.82, 2.24) is 9.88 Å². The lowest BCUT2D eigenvalue weighted by Crippen LogP contribution is -2.41. The molecule has 1 saturated heterocycles. The molecule has 0 unspecified atom stereocenters. The molecule has 2 rings (SSSR count). The van der Waals surface area contributed by atoms with Crippen molar-refractivity contribution in [2.75, 3.05) is 26.2 Å². The molecule has 1 aliphatic rings. The van der Waals surface area contributed by atoms with Gasteiger partial charge in [-0.1, -0.05) is 0 Å². The van der Waals surface area contributed by atoms with E-state index in [1.807, 2.05) is 17.9 Å². The van der Waals surface area contributed by atoms with Crippen molar-refractivity contribution in [2.24, 2.45) is 5.73 Å². The molecule has 5 nitrogen and oxygen atoms in total. The van der Waals surface area contributed by atoms with E-state index in [0.717, 1.165) is 50.2 Å². The molecule has 0 spiro atoms. The maximum absolute atomic E-state index is 12.4. The zero-order chi connectivity index (χ0) is 14.4. The number of nitrogens with zero attached hydrogens (tertiary/aromatic N) is 2. The number of ether oxygens (including phenoxy) is 1. The first-order valence-corrected chi connectivity index (χ1v) is 7.24. The average molecular weight is 277 g/mol. The number of likely N-dealkylation sites (tertiary alicyclic amines) is 1. The van der Waals surface area contributed by atoms with Crippen LogP contribution in [0.5, 0.6) is 0 Å². The van der Waals surface area contributed by atoms with E-state index in [1.165, 1.54) is 0 Å². The Labute approximate surface area is 120 Å². The SMILES string of the molecule is Cc1cc(C(=O)N2CCC(OCCCN)CC2)ccn1. The predicted molar refractivity (Wildman–Crippen MR) is 77.5 cm³/mol. The highest BCUT2D eigenvalue weighted by atomic mass is 16.5. The van der Waals surface area contributed by atoms with Crippen molar-refractivity contribution >= 4 is 5.91 Å². The Morgan fingerprint density at radius 2 is 2.25 bits per heavy atom. The summed E-state index contributed by atoms with van der Waals surface area (Å²) in [5, 5.41) is 0. The van der Waals surface area contributed by atoms with Gasteiger partial charge in [-0.05, 0) is 44.9 Å². The van der Waals surface area contributed by atoms with E-state index in [4.69, 9.17) is 10.5 Å². The minimum atomic E-state index is 0.0934. The van der Waals surface area contributed by atoms with Gasteiger partial charge in [0.1, 0.15) is 0 Å². The summed E-state index contributed by atoms with van der Waals surface area (Å²) in [7, 11) is 0. The summed E-state index contributed by atoms with van der Waals surface area (Å²) in [4.78, 5) is 18.4. The van der Waals surface area contributed by atoms with Gasteiger partial charge >= 0.3 is 0 Å². The van der Waals surface area contributed by atoms with E-state index in [0.29, 0.717) is 6.54 Å². The number of nitrogens with two attached hydrogens (primary N) is 1. The van der Waals surface area contributed by atoms with Gasteiger partial charge < -0.3 is 15.4 Å². The lowest BCUT2D eigenvalue weighted by Gasteiger charge is -2.32. The van der Waals surface area contributed by atoms with E-state index in [-0.39, 0.29) is 12.0 Å². The fraction of sp³-hybridized carbons (Fsp3) is 0.600. The van der Waals surface area contributed by atoms with E-state index in [9.17, 15) is 4.79 Å². The maximum Gasteiger partial charge on any atom is 0.253 e. The van der Waals surface area contributed by atoms with Crippen LogP contribution in [0.4, 0.5) is 0 Å². The van der Waals surface area contributed by atoms with Crippen molar-refractivity contribution in [2.45, 2.75) is 32.3 Å². The van der Waals surface area contributed by atoms with E-state index in [1.54, 1.807) is 12.3 Å². The van der Waals surface area contributed by atoms with E-state index < -0.39 is 0 Å². The summed E-state index contributed by atoms with van der Waals surface area (Å²) in [5.41, 5.74) is 7.04. The van der Waals surface area contributed by atoms with Gasteiger partial charge in [-0.3, -0.25) is 9.78 Å². The summed E-state index contributed by atoms with van der Waals surface area (Å²) >= 11 is 0. The highest BCUT2D eigenvalue weighted by Crippen LogP contribution is 2.16. The fourth-order valence-corrected chi connectivity index (χ4v) is 2.42. The molecular weight excluding hydrogens is 254 g/mol. The lowest BCUT2D eigenvalue weighted by molar-refractivity contribution is 0.00844. The van der Waals surface area contributed by atoms with Crippen molar-refractivity contribution < 1.29 is 9.53 Å². The van der Waals surface area contributed by atoms with Crippen LogP contribution < -0.4 is 5.73 Å². The number of rotatable bonds is 5. The molecule has 110 valence electrons. The van der Waals surface area contributed by atoms with Crippen LogP contribution in [0, 0.1) is 6.92 Å². The maximum atomic E-state index is 12.4. The Morgan fingerprint density at radius 3 is 2.90 bits per heavy atom. The van der Waals surface area contributed by atoms with Crippen LogP contribution in [0.2, 0.25) is 0 Å². The van der Waals surface area contributed by atoms with Crippen LogP contribution >= 0.6 is 0 Å². The number of amides is 1. The Bertz CT molecular complexity index is 442. The molecule has 1 aromatic rings. The van der Waals surface area contributed by atoms with Crippen LogP contribution in [-0.2, 0) is 4.74 Å². The minimum Gasteiger partial charge on any atom is -0.378 e. The molecule has 1 amide bonds. The van der Waals surface area contributed by atoms with Gasteiger partial charge in [0.15, 0.2) is 0 Å². The smallest absolute Gasteiger partial charge is 0.253 e. The topological polar surface area (TPSA) is 68.5 Å². The average Bonchev–Trinajstić information content (AvgIpc) is 2.47. The molecule has 0 saturated carbocycles. The summed E-state index contributed by atoms with van der Waals surface area (Å²) in [6.45, 7) is 4.80. The number of piperidine rings is 1. The van der Waals surface area contributed by atoms with Gasteiger partial charge in [0.05, 0.1) is 6.10 Å². The number of carbonyl (C=O) groups is 1. The van der Waals surface area contributed by atoms with Crippen molar-refractivity contribution in [3.8, 4) is 0 Å². The molecule has 2 heterocycles. The van der Waals surface area contributed by atoms with Gasteiger partial charge in [0, 0.05) is 37.2 Å². The molecule has 2 N–H and O–H groups in total. The number of pyridine rings is 1. The second kappa shape index (κ2) is 7.36. The highest BCUT2D eigenvalue weighted by Gasteiger charge is 2.23. The quantitative estimate of drug-likeness (QED) is 0.825. The van der Waals surface area contributed by atoms with Crippen molar-refractivity contribution in [3.63, 3.8) is 0 Å². The summed E-state index contributed by atoms with van der Waals surface area (Å²) < 4.78 is 5.75.